The van der Waals surface area contributed by atoms with Crippen molar-refractivity contribution in [3.8, 4) is 0 Å². The zero-order chi connectivity index (χ0) is 14.4. The fourth-order valence-corrected chi connectivity index (χ4v) is 3.59. The average molecular weight is 273 g/mol. The lowest BCUT2D eigenvalue weighted by atomic mass is 9.89. The normalized spacial score (nSPS) is 24.4. The van der Waals surface area contributed by atoms with Gasteiger partial charge in [-0.15, -0.1) is 0 Å². The van der Waals surface area contributed by atoms with E-state index in [1.165, 1.54) is 38.5 Å². The third kappa shape index (κ3) is 4.09. The molecule has 0 amide bonds. The fourth-order valence-electron chi connectivity index (χ4n) is 3.59. The van der Waals surface area contributed by atoms with Crippen LogP contribution in [0, 0.1) is 11.8 Å². The van der Waals surface area contributed by atoms with Crippen molar-refractivity contribution in [2.24, 2.45) is 11.8 Å². The van der Waals surface area contributed by atoms with Crippen molar-refractivity contribution >= 4 is 0 Å². The van der Waals surface area contributed by atoms with Crippen LogP contribution in [0.2, 0.25) is 0 Å². The summed E-state index contributed by atoms with van der Waals surface area (Å²) in [4.78, 5) is 0. The Kier molecular flexibility index (Phi) is 6.09. The minimum absolute atomic E-state index is 0.710. The molecule has 0 saturated heterocycles. The van der Waals surface area contributed by atoms with Crippen LogP contribution in [0.5, 0.6) is 0 Å². The van der Waals surface area contributed by atoms with Crippen LogP contribution in [-0.2, 0) is 0 Å². The molecule has 1 nitrogen and oxygen atoms in total. The maximum atomic E-state index is 3.60. The van der Waals surface area contributed by atoms with Gasteiger partial charge in [0.2, 0.25) is 0 Å². The van der Waals surface area contributed by atoms with Crippen LogP contribution in [0.25, 0.3) is 0 Å². The number of benzene rings is 1. The summed E-state index contributed by atoms with van der Waals surface area (Å²) in [5, 5.41) is 3.60. The van der Waals surface area contributed by atoms with Crippen LogP contribution in [0.1, 0.15) is 63.9 Å². The highest BCUT2D eigenvalue weighted by molar-refractivity contribution is 5.26. The molecule has 1 N–H and O–H groups in total. The smallest absolute Gasteiger partial charge is 0.0101 e. The summed E-state index contributed by atoms with van der Waals surface area (Å²) < 4.78 is 0. The summed E-state index contributed by atoms with van der Waals surface area (Å²) in [6.07, 6.45) is 8.20. The summed E-state index contributed by atoms with van der Waals surface area (Å²) in [6.45, 7) is 4.66. The Morgan fingerprint density at radius 2 is 1.95 bits per heavy atom. The fraction of sp³-hybridized carbons (Fsp3) is 0.684. The molecule has 0 radical (unpaired) electrons. The van der Waals surface area contributed by atoms with E-state index < -0.39 is 0 Å². The summed E-state index contributed by atoms with van der Waals surface area (Å²) in [6, 6.07) is 11.8. The number of hydrogen-bond donors (Lipinski definition) is 1. The van der Waals surface area contributed by atoms with E-state index >= 15 is 0 Å². The second-order valence-electron chi connectivity index (χ2n) is 6.46. The van der Waals surface area contributed by atoms with E-state index in [2.05, 4.69) is 56.5 Å². The molecule has 112 valence electrons. The van der Waals surface area contributed by atoms with Gasteiger partial charge in [-0.25, -0.2) is 0 Å². The average Bonchev–Trinajstić information content (AvgIpc) is 3.29. The highest BCUT2D eigenvalue weighted by Gasteiger charge is 2.43. The molecule has 1 saturated carbocycles. The van der Waals surface area contributed by atoms with Crippen LogP contribution in [-0.4, -0.2) is 13.1 Å². The van der Waals surface area contributed by atoms with Gasteiger partial charge in [0.05, 0.1) is 0 Å². The molecule has 0 heterocycles. The minimum Gasteiger partial charge on any atom is -0.317 e. The quantitative estimate of drug-likeness (QED) is 0.668. The van der Waals surface area contributed by atoms with E-state index in [1.807, 2.05) is 0 Å². The molecular formula is C19H31N. The molecule has 1 aliphatic rings. The lowest BCUT2D eigenvalue weighted by Crippen LogP contribution is -2.30. The van der Waals surface area contributed by atoms with Gasteiger partial charge in [-0.2, -0.15) is 0 Å². The van der Waals surface area contributed by atoms with Crippen LogP contribution in [0.4, 0.5) is 0 Å². The maximum absolute atomic E-state index is 3.60. The monoisotopic (exact) mass is 273 g/mol. The Morgan fingerprint density at radius 1 is 1.20 bits per heavy atom. The van der Waals surface area contributed by atoms with Crippen LogP contribution in [0.3, 0.4) is 0 Å². The predicted molar refractivity (Wildman–Crippen MR) is 88.1 cm³/mol. The summed E-state index contributed by atoms with van der Waals surface area (Å²) >= 11 is 0. The SMILES string of the molecule is CCCCC(CC)CC(NC)C1CC1c1ccccc1. The molecule has 0 aliphatic heterocycles. The van der Waals surface area contributed by atoms with Crippen LogP contribution in [0.15, 0.2) is 30.3 Å². The third-order valence-electron chi connectivity index (χ3n) is 5.09. The van der Waals surface area contributed by atoms with Crippen molar-refractivity contribution in [3.05, 3.63) is 35.9 Å². The van der Waals surface area contributed by atoms with E-state index in [0.717, 1.165) is 17.8 Å². The van der Waals surface area contributed by atoms with Crippen molar-refractivity contribution < 1.29 is 0 Å². The number of nitrogens with one attached hydrogen (secondary N) is 1. The summed E-state index contributed by atoms with van der Waals surface area (Å²) in [5.41, 5.74) is 1.54. The van der Waals surface area contributed by atoms with Gasteiger partial charge in [-0.05, 0) is 43.2 Å². The molecule has 1 fully saturated rings. The zero-order valence-corrected chi connectivity index (χ0v) is 13.4. The lowest BCUT2D eigenvalue weighted by Gasteiger charge is -2.23. The first-order chi connectivity index (χ1) is 9.80. The highest BCUT2D eigenvalue weighted by atomic mass is 14.9. The molecule has 1 aromatic carbocycles. The van der Waals surface area contributed by atoms with E-state index in [4.69, 9.17) is 0 Å². The molecule has 4 atom stereocenters. The molecule has 20 heavy (non-hydrogen) atoms. The Balaban J connectivity index is 1.87. The lowest BCUT2D eigenvalue weighted by molar-refractivity contribution is 0.337. The molecule has 1 aromatic rings. The van der Waals surface area contributed by atoms with E-state index in [-0.39, 0.29) is 0 Å². The second kappa shape index (κ2) is 7.83. The molecule has 0 spiro atoms. The molecule has 0 bridgehead atoms. The first-order valence-electron chi connectivity index (χ1n) is 8.52. The van der Waals surface area contributed by atoms with Crippen LogP contribution >= 0.6 is 0 Å². The van der Waals surface area contributed by atoms with Gasteiger partial charge in [-0.3, -0.25) is 0 Å². The minimum atomic E-state index is 0.710. The number of hydrogen-bond acceptors (Lipinski definition) is 1. The molecule has 1 heteroatoms. The standard InChI is InChI=1S/C19H31N/c1-4-6-10-15(5-2)13-19(20-3)18-14-17(18)16-11-8-7-9-12-16/h7-9,11-12,15,17-20H,4-6,10,13-14H2,1-3H3. The first-order valence-corrected chi connectivity index (χ1v) is 8.52. The Morgan fingerprint density at radius 3 is 2.55 bits per heavy atom. The largest absolute Gasteiger partial charge is 0.317 e. The predicted octanol–water partition coefficient (Wildman–Crippen LogP) is 4.98. The van der Waals surface area contributed by atoms with E-state index in [1.54, 1.807) is 5.56 Å². The summed E-state index contributed by atoms with van der Waals surface area (Å²) in [5.74, 6) is 2.57. The molecule has 1 aliphatic carbocycles. The van der Waals surface area contributed by atoms with Crippen LogP contribution < -0.4 is 5.32 Å². The first kappa shape index (κ1) is 15.6. The van der Waals surface area contributed by atoms with Gasteiger partial charge in [0.15, 0.2) is 0 Å². The van der Waals surface area contributed by atoms with Gasteiger partial charge in [0, 0.05) is 6.04 Å². The van der Waals surface area contributed by atoms with E-state index in [9.17, 15) is 0 Å². The molecular weight excluding hydrogens is 242 g/mol. The summed E-state index contributed by atoms with van der Waals surface area (Å²) in [7, 11) is 2.15. The molecule has 2 rings (SSSR count). The molecule has 4 unspecified atom stereocenters. The van der Waals surface area contributed by atoms with Gasteiger partial charge in [-0.1, -0.05) is 69.9 Å². The van der Waals surface area contributed by atoms with Gasteiger partial charge >= 0.3 is 0 Å². The van der Waals surface area contributed by atoms with Gasteiger partial charge in [0.1, 0.15) is 0 Å². The Hall–Kier alpha value is -0.820. The number of unbranched alkanes of at least 4 members (excludes halogenated alkanes) is 1. The van der Waals surface area contributed by atoms with Crippen molar-refractivity contribution in [1.29, 1.82) is 0 Å². The zero-order valence-electron chi connectivity index (χ0n) is 13.4. The topological polar surface area (TPSA) is 12.0 Å². The maximum Gasteiger partial charge on any atom is 0.0101 e. The number of rotatable bonds is 9. The van der Waals surface area contributed by atoms with Crippen molar-refractivity contribution in [3.63, 3.8) is 0 Å². The molecule has 0 aromatic heterocycles. The van der Waals surface area contributed by atoms with E-state index in [0.29, 0.717) is 6.04 Å². The second-order valence-corrected chi connectivity index (χ2v) is 6.46. The van der Waals surface area contributed by atoms with Crippen molar-refractivity contribution in [1.82, 2.24) is 5.32 Å². The van der Waals surface area contributed by atoms with Gasteiger partial charge in [0.25, 0.3) is 0 Å². The highest BCUT2D eigenvalue weighted by Crippen LogP contribution is 2.50. The third-order valence-corrected chi connectivity index (χ3v) is 5.09. The Labute approximate surface area is 125 Å². The Bertz CT molecular complexity index is 373. The van der Waals surface area contributed by atoms with Crippen molar-refractivity contribution in [2.45, 2.75) is 64.3 Å². The van der Waals surface area contributed by atoms with Gasteiger partial charge < -0.3 is 5.32 Å². The van der Waals surface area contributed by atoms with Crippen molar-refractivity contribution in [2.75, 3.05) is 7.05 Å².